The predicted molar refractivity (Wildman–Crippen MR) is 138 cm³/mol. The van der Waals surface area contributed by atoms with E-state index in [-0.39, 0.29) is 37.3 Å². The van der Waals surface area contributed by atoms with E-state index in [9.17, 15) is 43.9 Å². The third-order valence-corrected chi connectivity index (χ3v) is 6.23. The van der Waals surface area contributed by atoms with Gasteiger partial charge in [-0.05, 0) is 30.2 Å². The van der Waals surface area contributed by atoms with Crippen molar-refractivity contribution in [2.75, 3.05) is 13.2 Å². The topological polar surface area (TPSA) is 36.9 Å². The van der Waals surface area contributed by atoms with E-state index in [2.05, 4.69) is 9.47 Å². The zero-order valence-electron chi connectivity index (χ0n) is 22.1. The molecule has 0 saturated carbocycles. The first-order valence-corrected chi connectivity index (χ1v) is 12.7. The Morgan fingerprint density at radius 1 is 0.818 bits per heavy atom. The molecule has 1 heterocycles. The van der Waals surface area contributed by atoms with Crippen LogP contribution in [0.4, 0.5) is 43.9 Å². The Hall–Kier alpha value is -3.78. The maximum atomic E-state index is 14.9. The summed E-state index contributed by atoms with van der Waals surface area (Å²) in [5, 5.41) is 0. The first kappa shape index (κ1) is 34.7. The lowest BCUT2D eigenvalue weighted by atomic mass is 10.00. The Morgan fingerprint density at radius 2 is 1.41 bits per heavy atom. The van der Waals surface area contributed by atoms with Crippen molar-refractivity contribution < 1.29 is 62.9 Å². The Kier molecular flexibility index (Phi) is 11.0. The van der Waals surface area contributed by atoms with Crippen LogP contribution in [0.2, 0.25) is 0 Å². The zero-order chi connectivity index (χ0) is 31.5. The minimum Gasteiger partial charge on any atom is -0.459 e. The first-order valence-electron chi connectivity index (χ1n) is 12.7. The van der Waals surface area contributed by atoms with Gasteiger partial charge in [-0.2, -0.15) is 22.0 Å². The average molecular weight is 641 g/mol. The van der Waals surface area contributed by atoms with Crippen LogP contribution in [0.25, 0.3) is 11.1 Å². The summed E-state index contributed by atoms with van der Waals surface area (Å²) < 4.78 is 158. The van der Waals surface area contributed by atoms with Crippen molar-refractivity contribution in [2.45, 2.75) is 45.8 Å². The number of allylic oxidation sites excluding steroid dienone is 1. The molecule has 0 aromatic heterocycles. The van der Waals surface area contributed by atoms with Gasteiger partial charge in [0.05, 0.1) is 25.6 Å². The van der Waals surface area contributed by atoms with Gasteiger partial charge >= 0.3 is 12.3 Å². The normalized spacial score (nSPS) is 17.4. The molecule has 44 heavy (non-hydrogen) atoms. The Morgan fingerprint density at radius 3 is 1.93 bits per heavy atom. The van der Waals surface area contributed by atoms with Gasteiger partial charge in [0.25, 0.3) is 0 Å². The molecule has 1 aliphatic heterocycles. The molecule has 3 aromatic carbocycles. The number of rotatable bonds is 9. The standard InChI is InChI=1S/C29H22F10O4.CH4/c1-2-3-15-13-41-27(42-14-15)16-4-5-19(20(30)8-16)17-9-21(31)25(22(32)10-17)29(38,39)43-18-11-23(33)26(24(34)12-18)40-7-6-28(35,36)37;/h4-12,15,27H,2-3,13-14H2,1H3;1H4/b7-6-;. The van der Waals surface area contributed by atoms with Crippen LogP contribution < -0.4 is 9.47 Å². The van der Waals surface area contributed by atoms with Gasteiger partial charge in [0, 0.05) is 29.2 Å². The van der Waals surface area contributed by atoms with E-state index >= 15 is 0 Å². The molecule has 1 aliphatic rings. The summed E-state index contributed by atoms with van der Waals surface area (Å²) in [6.45, 7) is 2.80. The van der Waals surface area contributed by atoms with Gasteiger partial charge in [-0.1, -0.05) is 32.9 Å². The number of halogens is 10. The second kappa shape index (κ2) is 13.9. The van der Waals surface area contributed by atoms with Crippen molar-refractivity contribution in [1.29, 1.82) is 0 Å². The van der Waals surface area contributed by atoms with E-state index in [1.807, 2.05) is 6.92 Å². The lowest BCUT2D eigenvalue weighted by Gasteiger charge is -2.29. The van der Waals surface area contributed by atoms with Crippen molar-refractivity contribution in [3.8, 4) is 22.6 Å². The fourth-order valence-corrected chi connectivity index (χ4v) is 4.32. The summed E-state index contributed by atoms with van der Waals surface area (Å²) in [5.41, 5.74) is -2.44. The lowest BCUT2D eigenvalue weighted by molar-refractivity contribution is -0.206. The second-order valence-electron chi connectivity index (χ2n) is 9.50. The molecule has 1 saturated heterocycles. The van der Waals surface area contributed by atoms with E-state index in [1.54, 1.807) is 0 Å². The number of alkyl halides is 5. The van der Waals surface area contributed by atoms with E-state index in [0.717, 1.165) is 25.0 Å². The van der Waals surface area contributed by atoms with Gasteiger partial charge in [0.1, 0.15) is 28.8 Å². The maximum Gasteiger partial charge on any atom is 0.432 e. The Balaban J connectivity index is 0.00000529. The highest BCUT2D eigenvalue weighted by atomic mass is 19.4. The molecule has 0 amide bonds. The van der Waals surface area contributed by atoms with Crippen LogP contribution in [0.5, 0.6) is 11.5 Å². The van der Waals surface area contributed by atoms with Gasteiger partial charge in [0.15, 0.2) is 23.7 Å². The number of ether oxygens (including phenoxy) is 4. The Bertz CT molecular complexity index is 1440. The van der Waals surface area contributed by atoms with Gasteiger partial charge in [-0.25, -0.2) is 22.0 Å². The predicted octanol–water partition coefficient (Wildman–Crippen LogP) is 9.73. The maximum absolute atomic E-state index is 14.9. The molecule has 4 rings (SSSR count). The molecule has 0 aliphatic carbocycles. The molecule has 14 heteroatoms. The summed E-state index contributed by atoms with van der Waals surface area (Å²) in [4.78, 5) is 0. The van der Waals surface area contributed by atoms with Crippen molar-refractivity contribution in [1.82, 2.24) is 0 Å². The quantitative estimate of drug-likeness (QED) is 0.172. The molecule has 240 valence electrons. The van der Waals surface area contributed by atoms with Crippen molar-refractivity contribution in [2.24, 2.45) is 5.92 Å². The highest BCUT2D eigenvalue weighted by Gasteiger charge is 2.42. The zero-order valence-corrected chi connectivity index (χ0v) is 22.1. The second-order valence-corrected chi connectivity index (χ2v) is 9.50. The monoisotopic (exact) mass is 640 g/mol. The molecular weight excluding hydrogens is 614 g/mol. The molecule has 3 aromatic rings. The van der Waals surface area contributed by atoms with Crippen molar-refractivity contribution >= 4 is 0 Å². The molecule has 0 spiro atoms. The van der Waals surface area contributed by atoms with Crippen LogP contribution in [0.3, 0.4) is 0 Å². The van der Waals surface area contributed by atoms with Crippen LogP contribution >= 0.6 is 0 Å². The average Bonchev–Trinajstić information content (AvgIpc) is 2.89. The molecule has 4 nitrogen and oxygen atoms in total. The summed E-state index contributed by atoms with van der Waals surface area (Å²) in [6, 6.07) is 4.63. The summed E-state index contributed by atoms with van der Waals surface area (Å²) in [5.74, 6) is -10.7. The molecular formula is C30H26F10O4. The third kappa shape index (κ3) is 8.23. The van der Waals surface area contributed by atoms with E-state index < -0.39 is 76.4 Å². The molecule has 0 radical (unpaired) electrons. The molecule has 0 bridgehead atoms. The summed E-state index contributed by atoms with van der Waals surface area (Å²) >= 11 is 0. The SMILES string of the molecule is C.CCCC1COC(c2ccc(-c3cc(F)c(C(F)(F)Oc4cc(F)c(O/C=C\C(F)(F)F)c(F)c4)c(F)c3)c(F)c2)OC1. The van der Waals surface area contributed by atoms with Crippen LogP contribution in [0.1, 0.15) is 44.6 Å². The summed E-state index contributed by atoms with van der Waals surface area (Å²) in [7, 11) is 0. The number of benzene rings is 3. The van der Waals surface area contributed by atoms with Crippen LogP contribution in [0.15, 0.2) is 54.8 Å². The minimum atomic E-state index is -4.87. The summed E-state index contributed by atoms with van der Waals surface area (Å²) in [6.07, 6.45) is -9.33. The Labute approximate surface area is 245 Å². The highest BCUT2D eigenvalue weighted by molar-refractivity contribution is 5.65. The minimum absolute atomic E-state index is 0. The number of hydrogen-bond acceptors (Lipinski definition) is 4. The fraction of sp³-hybridized carbons (Fsp3) is 0.333. The van der Waals surface area contributed by atoms with Gasteiger partial charge < -0.3 is 18.9 Å². The third-order valence-electron chi connectivity index (χ3n) is 6.23. The molecule has 0 N–H and O–H groups in total. The van der Waals surface area contributed by atoms with Gasteiger partial charge in [-0.3, -0.25) is 0 Å². The van der Waals surface area contributed by atoms with Crippen LogP contribution in [0, 0.1) is 35.0 Å². The van der Waals surface area contributed by atoms with Crippen molar-refractivity contribution in [3.05, 3.63) is 95.0 Å². The molecule has 0 atom stereocenters. The van der Waals surface area contributed by atoms with E-state index in [4.69, 9.17) is 9.47 Å². The van der Waals surface area contributed by atoms with Gasteiger partial charge in [0.2, 0.25) is 0 Å². The first-order chi connectivity index (χ1) is 20.2. The lowest BCUT2D eigenvalue weighted by Crippen LogP contribution is -2.27. The van der Waals surface area contributed by atoms with Crippen molar-refractivity contribution in [3.63, 3.8) is 0 Å². The van der Waals surface area contributed by atoms with Crippen LogP contribution in [-0.4, -0.2) is 19.4 Å². The van der Waals surface area contributed by atoms with Crippen LogP contribution in [-0.2, 0) is 15.6 Å². The van der Waals surface area contributed by atoms with Gasteiger partial charge in [-0.15, -0.1) is 0 Å². The fourth-order valence-electron chi connectivity index (χ4n) is 4.32. The van der Waals surface area contributed by atoms with E-state index in [1.165, 1.54) is 6.07 Å². The molecule has 1 fully saturated rings. The number of hydrogen-bond donors (Lipinski definition) is 0. The smallest absolute Gasteiger partial charge is 0.432 e. The largest absolute Gasteiger partial charge is 0.459 e. The highest BCUT2D eigenvalue weighted by Crippen LogP contribution is 2.39. The van der Waals surface area contributed by atoms with E-state index in [0.29, 0.717) is 30.9 Å². The molecule has 0 unspecified atom stereocenters.